The Morgan fingerprint density at radius 2 is 2.36 bits per heavy atom. The molecule has 0 aliphatic carbocycles. The Kier molecular flexibility index (Phi) is 3.97. The quantitative estimate of drug-likeness (QED) is 0.357. The molecule has 0 saturated carbocycles. The third kappa shape index (κ3) is 2.76. The molecule has 0 bridgehead atoms. The summed E-state index contributed by atoms with van der Waals surface area (Å²) in [6.45, 7) is 2.56. The minimum atomic E-state index is 0.520. The zero-order chi connectivity index (χ0) is 10.4. The summed E-state index contributed by atoms with van der Waals surface area (Å²) in [6, 6.07) is 6.10. The van der Waals surface area contributed by atoms with E-state index in [1.165, 1.54) is 5.56 Å². The fourth-order valence-corrected chi connectivity index (χ4v) is 1.24. The maximum absolute atomic E-state index is 6.73. The van der Waals surface area contributed by atoms with Gasteiger partial charge in [-0.25, -0.2) is 0 Å². The summed E-state index contributed by atoms with van der Waals surface area (Å²) >= 11 is 0. The highest BCUT2D eigenvalue weighted by molar-refractivity contribution is 5.65. The first-order valence-electron chi connectivity index (χ1n) is 4.43. The predicted molar refractivity (Wildman–Crippen MR) is 57.9 cm³/mol. The van der Waals surface area contributed by atoms with Crippen LogP contribution in [0.1, 0.15) is 11.1 Å². The van der Waals surface area contributed by atoms with Gasteiger partial charge in [-0.15, -0.1) is 0 Å². The monoisotopic (exact) mass is 191 g/mol. The lowest BCUT2D eigenvalue weighted by atomic mass is 10.1. The fourth-order valence-electron chi connectivity index (χ4n) is 1.24. The number of nitrogens with two attached hydrogens (primary N) is 2. The molecule has 1 aromatic carbocycles. The maximum Gasteiger partial charge on any atom is 0.193 e. The van der Waals surface area contributed by atoms with Crippen molar-refractivity contribution in [2.24, 2.45) is 10.7 Å². The second-order valence-electron chi connectivity index (χ2n) is 3.00. The normalized spacial score (nSPS) is 10.7. The summed E-state index contributed by atoms with van der Waals surface area (Å²) in [5.41, 5.74) is 8.97. The van der Waals surface area contributed by atoms with Crippen molar-refractivity contribution in [3.63, 3.8) is 0 Å². The third-order valence-electron chi connectivity index (χ3n) is 1.93. The molecule has 0 saturated heterocycles. The minimum Gasteiger partial charge on any atom is -0.326 e. The highest BCUT2D eigenvalue weighted by atomic mass is 14.9. The van der Waals surface area contributed by atoms with Gasteiger partial charge in [-0.05, 0) is 13.0 Å². The molecule has 0 spiro atoms. The first-order chi connectivity index (χ1) is 6.77. The molecule has 0 fully saturated rings. The SMILES string of the molecule is Cc1ccc([NH2+]C=NC=N)c(CN)c1. The van der Waals surface area contributed by atoms with Crippen LogP contribution in [0, 0.1) is 12.3 Å². The first kappa shape index (κ1) is 10.6. The largest absolute Gasteiger partial charge is 0.326 e. The molecule has 4 heteroatoms. The number of nitrogens with zero attached hydrogens (tertiary/aromatic N) is 1. The Morgan fingerprint density at radius 1 is 1.57 bits per heavy atom. The van der Waals surface area contributed by atoms with E-state index >= 15 is 0 Å². The van der Waals surface area contributed by atoms with Gasteiger partial charge in [-0.2, -0.15) is 4.99 Å². The fraction of sp³-hybridized carbons (Fsp3) is 0.200. The zero-order valence-corrected chi connectivity index (χ0v) is 8.20. The molecule has 4 nitrogen and oxygen atoms in total. The van der Waals surface area contributed by atoms with Crippen LogP contribution in [0.15, 0.2) is 23.2 Å². The summed E-state index contributed by atoms with van der Waals surface area (Å²) in [5, 5.41) is 8.59. The number of benzene rings is 1. The Bertz CT molecular complexity index is 344. The Hall–Kier alpha value is -1.52. The van der Waals surface area contributed by atoms with Crippen LogP contribution in [0.3, 0.4) is 0 Å². The van der Waals surface area contributed by atoms with Crippen molar-refractivity contribution in [3.8, 4) is 0 Å². The summed E-state index contributed by atoms with van der Waals surface area (Å²) in [6.07, 6.45) is 2.60. The van der Waals surface area contributed by atoms with Crippen molar-refractivity contribution in [2.45, 2.75) is 13.5 Å². The number of nitrogens with one attached hydrogen (secondary N) is 1. The molecule has 0 aliphatic rings. The van der Waals surface area contributed by atoms with Gasteiger partial charge in [-0.1, -0.05) is 11.6 Å². The van der Waals surface area contributed by atoms with Crippen LogP contribution >= 0.6 is 0 Å². The number of rotatable bonds is 4. The first-order valence-corrected chi connectivity index (χ1v) is 4.43. The molecular formula is C10H15N4+. The molecule has 0 heterocycles. The van der Waals surface area contributed by atoms with Crippen LogP contribution in [-0.4, -0.2) is 12.7 Å². The van der Waals surface area contributed by atoms with E-state index < -0.39 is 0 Å². The van der Waals surface area contributed by atoms with Gasteiger partial charge in [0.15, 0.2) is 6.34 Å². The van der Waals surface area contributed by atoms with E-state index in [1.54, 1.807) is 6.34 Å². The van der Waals surface area contributed by atoms with E-state index in [2.05, 4.69) is 11.1 Å². The topological polar surface area (TPSA) is 78.8 Å². The Labute approximate surface area is 83.4 Å². The van der Waals surface area contributed by atoms with Crippen molar-refractivity contribution in [1.82, 2.24) is 0 Å². The van der Waals surface area contributed by atoms with E-state index in [9.17, 15) is 0 Å². The molecule has 0 aromatic heterocycles. The smallest absolute Gasteiger partial charge is 0.193 e. The summed E-state index contributed by atoms with van der Waals surface area (Å²) in [5.74, 6) is 0. The minimum absolute atomic E-state index is 0.520. The lowest BCUT2D eigenvalue weighted by Gasteiger charge is -2.03. The standard InChI is InChI=1S/C10H14N4/c1-8-2-3-10(9(4-8)5-11)14-7-13-6-12/h2-4,6-7H,5,11H2,1H3,(H2,12,13,14)/p+1. The molecule has 0 unspecified atom stereocenters. The van der Waals surface area contributed by atoms with E-state index in [0.29, 0.717) is 6.54 Å². The van der Waals surface area contributed by atoms with Crippen molar-refractivity contribution >= 4 is 18.4 Å². The van der Waals surface area contributed by atoms with Gasteiger partial charge in [0.1, 0.15) is 12.0 Å². The molecular weight excluding hydrogens is 176 g/mol. The molecule has 0 aliphatic heterocycles. The second-order valence-corrected chi connectivity index (χ2v) is 3.00. The van der Waals surface area contributed by atoms with Gasteiger partial charge >= 0.3 is 0 Å². The highest BCUT2D eigenvalue weighted by Gasteiger charge is 2.02. The van der Waals surface area contributed by atoms with E-state index in [1.807, 2.05) is 24.4 Å². The highest BCUT2D eigenvalue weighted by Crippen LogP contribution is 2.11. The molecule has 0 amide bonds. The molecule has 1 aromatic rings. The van der Waals surface area contributed by atoms with Gasteiger partial charge in [0, 0.05) is 18.2 Å². The van der Waals surface area contributed by atoms with Gasteiger partial charge < -0.3 is 5.73 Å². The van der Waals surface area contributed by atoms with Crippen molar-refractivity contribution < 1.29 is 5.32 Å². The average molecular weight is 191 g/mol. The van der Waals surface area contributed by atoms with E-state index in [-0.39, 0.29) is 0 Å². The van der Waals surface area contributed by atoms with E-state index in [0.717, 1.165) is 17.6 Å². The van der Waals surface area contributed by atoms with Crippen molar-refractivity contribution in [3.05, 3.63) is 29.3 Å². The maximum atomic E-state index is 6.73. The Morgan fingerprint density at radius 3 is 3.00 bits per heavy atom. The van der Waals surface area contributed by atoms with Gasteiger partial charge in [0.05, 0.1) is 0 Å². The average Bonchev–Trinajstić information content (AvgIpc) is 2.20. The van der Waals surface area contributed by atoms with Gasteiger partial charge in [0.25, 0.3) is 0 Å². The summed E-state index contributed by atoms with van der Waals surface area (Å²) in [4.78, 5) is 3.69. The predicted octanol–water partition coefficient (Wildman–Crippen LogP) is 0.284. The molecule has 0 radical (unpaired) electrons. The number of aryl methyl sites for hydroxylation is 1. The summed E-state index contributed by atoms with van der Waals surface area (Å²) in [7, 11) is 0. The second kappa shape index (κ2) is 5.26. The van der Waals surface area contributed by atoms with E-state index in [4.69, 9.17) is 11.1 Å². The molecule has 5 N–H and O–H groups in total. The van der Waals surface area contributed by atoms with Crippen LogP contribution < -0.4 is 11.1 Å². The Balaban J connectivity index is 2.85. The number of hydrogen-bond acceptors (Lipinski definition) is 2. The number of hydrogen-bond donors (Lipinski definition) is 3. The third-order valence-corrected chi connectivity index (χ3v) is 1.93. The van der Waals surface area contributed by atoms with Gasteiger partial charge in [0.2, 0.25) is 0 Å². The molecule has 14 heavy (non-hydrogen) atoms. The number of aliphatic imine (C=N–C) groups is 1. The van der Waals surface area contributed by atoms with Crippen LogP contribution in [-0.2, 0) is 6.54 Å². The molecule has 74 valence electrons. The van der Waals surface area contributed by atoms with Crippen LogP contribution in [0.4, 0.5) is 5.69 Å². The van der Waals surface area contributed by atoms with Crippen molar-refractivity contribution in [2.75, 3.05) is 0 Å². The zero-order valence-electron chi connectivity index (χ0n) is 8.20. The molecule has 0 atom stereocenters. The molecule has 1 rings (SSSR count). The number of quaternary nitrogens is 1. The van der Waals surface area contributed by atoms with Gasteiger partial charge in [-0.3, -0.25) is 10.7 Å². The van der Waals surface area contributed by atoms with Crippen LogP contribution in [0.5, 0.6) is 0 Å². The lowest BCUT2D eigenvalue weighted by Crippen LogP contribution is -2.76. The van der Waals surface area contributed by atoms with Crippen LogP contribution in [0.25, 0.3) is 0 Å². The lowest BCUT2D eigenvalue weighted by molar-refractivity contribution is -0.433. The summed E-state index contributed by atoms with van der Waals surface area (Å²) < 4.78 is 0. The van der Waals surface area contributed by atoms with Crippen molar-refractivity contribution in [1.29, 1.82) is 5.41 Å². The van der Waals surface area contributed by atoms with Crippen LogP contribution in [0.2, 0.25) is 0 Å².